The number of nitrogens with one attached hydrogen (secondary N) is 2. The lowest BCUT2D eigenvalue weighted by Crippen LogP contribution is -2.44. The summed E-state index contributed by atoms with van der Waals surface area (Å²) in [5, 5.41) is 6.26. The third-order valence-electron chi connectivity index (χ3n) is 2.69. The third kappa shape index (κ3) is 5.18. The molecule has 1 unspecified atom stereocenters. The molecule has 0 aliphatic carbocycles. The Morgan fingerprint density at radius 1 is 1.62 bits per heavy atom. The molecule has 1 saturated heterocycles. The quantitative estimate of drug-likeness (QED) is 0.747. The van der Waals surface area contributed by atoms with Crippen molar-refractivity contribution in [3.05, 3.63) is 0 Å². The molecule has 1 aliphatic heterocycles. The summed E-state index contributed by atoms with van der Waals surface area (Å²) in [4.78, 5) is 11.7. The lowest BCUT2D eigenvalue weighted by Gasteiger charge is -2.25. The van der Waals surface area contributed by atoms with Crippen molar-refractivity contribution in [3.63, 3.8) is 0 Å². The molecule has 1 amide bonds. The molecular formula is C11H22N2O2S. The maximum atomic E-state index is 11.7. The van der Waals surface area contributed by atoms with Gasteiger partial charge in [-0.3, -0.25) is 4.79 Å². The minimum absolute atomic E-state index is 0.102. The first-order chi connectivity index (χ1) is 7.53. The molecule has 1 atom stereocenters. The average Bonchev–Trinajstić information content (AvgIpc) is 2.28. The first kappa shape index (κ1) is 13.8. The van der Waals surface area contributed by atoms with Crippen LogP contribution in [0.2, 0.25) is 0 Å². The first-order valence-corrected chi connectivity index (χ1v) is 6.82. The average molecular weight is 246 g/mol. The predicted molar refractivity (Wildman–Crippen MR) is 67.8 cm³/mol. The molecule has 0 spiro atoms. The van der Waals surface area contributed by atoms with Gasteiger partial charge in [-0.05, 0) is 13.8 Å². The van der Waals surface area contributed by atoms with Crippen LogP contribution in [0.5, 0.6) is 0 Å². The summed E-state index contributed by atoms with van der Waals surface area (Å²) in [5.74, 6) is 2.28. The Balaban J connectivity index is 2.19. The summed E-state index contributed by atoms with van der Waals surface area (Å²) in [7, 11) is 1.66. The summed E-state index contributed by atoms with van der Waals surface area (Å²) in [5.41, 5.74) is -0.287. The minimum Gasteiger partial charge on any atom is -0.377 e. The van der Waals surface area contributed by atoms with E-state index in [-0.39, 0.29) is 11.5 Å². The maximum Gasteiger partial charge on any atom is 0.221 e. The van der Waals surface area contributed by atoms with E-state index in [1.807, 2.05) is 25.6 Å². The highest BCUT2D eigenvalue weighted by Gasteiger charge is 2.20. The number of carbonyl (C=O) groups excluding carboxylic acids is 1. The van der Waals surface area contributed by atoms with E-state index in [0.29, 0.717) is 19.0 Å². The zero-order valence-electron chi connectivity index (χ0n) is 10.3. The van der Waals surface area contributed by atoms with Gasteiger partial charge in [0, 0.05) is 44.2 Å². The van der Waals surface area contributed by atoms with Gasteiger partial charge in [-0.25, -0.2) is 0 Å². The molecule has 0 saturated carbocycles. The smallest absolute Gasteiger partial charge is 0.221 e. The fourth-order valence-electron chi connectivity index (χ4n) is 1.43. The number of ether oxygens (including phenoxy) is 1. The fourth-order valence-corrected chi connectivity index (χ4v) is 2.38. The van der Waals surface area contributed by atoms with Crippen LogP contribution < -0.4 is 10.6 Å². The molecule has 0 aromatic rings. The van der Waals surface area contributed by atoms with Gasteiger partial charge in [0.1, 0.15) is 0 Å². The van der Waals surface area contributed by atoms with Gasteiger partial charge in [-0.1, -0.05) is 0 Å². The van der Waals surface area contributed by atoms with E-state index < -0.39 is 0 Å². The van der Waals surface area contributed by atoms with Crippen LogP contribution in [0.4, 0.5) is 0 Å². The second-order valence-electron chi connectivity index (χ2n) is 4.67. The molecule has 5 heteroatoms. The van der Waals surface area contributed by atoms with E-state index in [9.17, 15) is 4.79 Å². The summed E-state index contributed by atoms with van der Waals surface area (Å²) in [6.07, 6.45) is 0.562. The molecule has 1 heterocycles. The van der Waals surface area contributed by atoms with Crippen LogP contribution in [-0.2, 0) is 9.53 Å². The SMILES string of the molecule is COC(C)(C)CNC(=O)CC1CSCCN1. The van der Waals surface area contributed by atoms with Crippen LogP contribution in [-0.4, -0.2) is 49.3 Å². The van der Waals surface area contributed by atoms with Crippen LogP contribution in [0.1, 0.15) is 20.3 Å². The number of hydrogen-bond acceptors (Lipinski definition) is 4. The Bertz CT molecular complexity index is 228. The van der Waals surface area contributed by atoms with Gasteiger partial charge in [-0.2, -0.15) is 11.8 Å². The maximum absolute atomic E-state index is 11.7. The van der Waals surface area contributed by atoms with E-state index in [1.54, 1.807) is 7.11 Å². The van der Waals surface area contributed by atoms with Gasteiger partial charge in [0.15, 0.2) is 0 Å². The van der Waals surface area contributed by atoms with Crippen LogP contribution in [0.3, 0.4) is 0 Å². The van der Waals surface area contributed by atoms with Crippen LogP contribution in [0, 0.1) is 0 Å². The molecule has 1 fully saturated rings. The van der Waals surface area contributed by atoms with Crippen molar-refractivity contribution in [1.29, 1.82) is 0 Å². The van der Waals surface area contributed by atoms with Crippen LogP contribution in [0.25, 0.3) is 0 Å². The van der Waals surface area contributed by atoms with Gasteiger partial charge < -0.3 is 15.4 Å². The standard InChI is InChI=1S/C11H22N2O2S/c1-11(2,15-3)8-13-10(14)6-9-7-16-5-4-12-9/h9,12H,4-8H2,1-3H3,(H,13,14). The van der Waals surface area contributed by atoms with Crippen LogP contribution >= 0.6 is 11.8 Å². The van der Waals surface area contributed by atoms with E-state index in [1.165, 1.54) is 0 Å². The van der Waals surface area contributed by atoms with Gasteiger partial charge in [0.25, 0.3) is 0 Å². The normalized spacial score (nSPS) is 21.8. The van der Waals surface area contributed by atoms with Crippen molar-refractivity contribution in [1.82, 2.24) is 10.6 Å². The Labute approximate surface area is 102 Å². The van der Waals surface area contributed by atoms with E-state index in [0.717, 1.165) is 18.1 Å². The summed E-state index contributed by atoms with van der Waals surface area (Å²) < 4.78 is 5.24. The lowest BCUT2D eigenvalue weighted by atomic mass is 10.1. The summed E-state index contributed by atoms with van der Waals surface area (Å²) >= 11 is 1.91. The van der Waals surface area contributed by atoms with Crippen molar-refractivity contribution < 1.29 is 9.53 Å². The van der Waals surface area contributed by atoms with Crippen molar-refractivity contribution in [2.75, 3.05) is 31.7 Å². The molecule has 1 aliphatic rings. The number of amides is 1. The van der Waals surface area contributed by atoms with Crippen molar-refractivity contribution in [2.24, 2.45) is 0 Å². The Hall–Kier alpha value is -0.260. The minimum atomic E-state index is -0.287. The fraction of sp³-hybridized carbons (Fsp3) is 0.909. The highest BCUT2D eigenvalue weighted by Crippen LogP contribution is 2.10. The van der Waals surface area contributed by atoms with Gasteiger partial charge >= 0.3 is 0 Å². The molecule has 4 nitrogen and oxygen atoms in total. The molecule has 16 heavy (non-hydrogen) atoms. The Morgan fingerprint density at radius 2 is 2.38 bits per heavy atom. The number of rotatable bonds is 5. The van der Waals surface area contributed by atoms with E-state index in [2.05, 4.69) is 10.6 Å². The molecule has 94 valence electrons. The zero-order valence-corrected chi connectivity index (χ0v) is 11.2. The monoisotopic (exact) mass is 246 g/mol. The topological polar surface area (TPSA) is 50.4 Å². The Morgan fingerprint density at radius 3 is 2.94 bits per heavy atom. The molecular weight excluding hydrogens is 224 g/mol. The molecule has 0 aromatic heterocycles. The molecule has 0 radical (unpaired) electrons. The van der Waals surface area contributed by atoms with Gasteiger partial charge in [-0.15, -0.1) is 0 Å². The third-order valence-corrected chi connectivity index (χ3v) is 3.82. The second kappa shape index (κ2) is 6.47. The predicted octanol–water partition coefficient (Wildman–Crippen LogP) is 0.623. The molecule has 1 rings (SSSR count). The van der Waals surface area contributed by atoms with Crippen molar-refractivity contribution in [3.8, 4) is 0 Å². The Kier molecular flexibility index (Phi) is 5.58. The van der Waals surface area contributed by atoms with Crippen LogP contribution in [0.15, 0.2) is 0 Å². The van der Waals surface area contributed by atoms with Gasteiger partial charge in [0.05, 0.1) is 5.60 Å². The van der Waals surface area contributed by atoms with Crippen molar-refractivity contribution in [2.45, 2.75) is 31.9 Å². The number of hydrogen-bond donors (Lipinski definition) is 2. The molecule has 0 aromatic carbocycles. The second-order valence-corrected chi connectivity index (χ2v) is 5.82. The number of carbonyl (C=O) groups is 1. The lowest BCUT2D eigenvalue weighted by molar-refractivity contribution is -0.122. The summed E-state index contributed by atoms with van der Waals surface area (Å²) in [6.45, 7) is 5.48. The van der Waals surface area contributed by atoms with Crippen molar-refractivity contribution >= 4 is 17.7 Å². The highest BCUT2D eigenvalue weighted by molar-refractivity contribution is 7.99. The van der Waals surface area contributed by atoms with Gasteiger partial charge in [0.2, 0.25) is 5.91 Å². The number of thioether (sulfide) groups is 1. The first-order valence-electron chi connectivity index (χ1n) is 5.66. The molecule has 2 N–H and O–H groups in total. The zero-order chi connectivity index (χ0) is 12.0. The summed E-state index contributed by atoms with van der Waals surface area (Å²) in [6, 6.07) is 0.324. The van der Waals surface area contributed by atoms with E-state index >= 15 is 0 Å². The van der Waals surface area contributed by atoms with E-state index in [4.69, 9.17) is 4.74 Å². The largest absolute Gasteiger partial charge is 0.377 e. The highest BCUT2D eigenvalue weighted by atomic mass is 32.2. The molecule has 0 bridgehead atoms. The number of methoxy groups -OCH3 is 1.